The van der Waals surface area contributed by atoms with Crippen molar-refractivity contribution in [2.24, 2.45) is 0 Å². The Morgan fingerprint density at radius 2 is 2.45 bits per heavy atom. The molecule has 0 saturated heterocycles. The van der Waals surface area contributed by atoms with Crippen LogP contribution in [0, 0.1) is 11.8 Å². The van der Waals surface area contributed by atoms with Crippen LogP contribution in [0.5, 0.6) is 0 Å². The van der Waals surface area contributed by atoms with Gasteiger partial charge in [0.2, 0.25) is 0 Å². The third-order valence-electron chi connectivity index (χ3n) is 3.40. The summed E-state index contributed by atoms with van der Waals surface area (Å²) >= 11 is 1.39. The first-order valence-corrected chi connectivity index (χ1v) is 7.65. The third-order valence-corrected chi connectivity index (χ3v) is 4.32. The van der Waals surface area contributed by atoms with Crippen LogP contribution in [0.4, 0.5) is 0 Å². The number of aliphatic hydroxyl groups excluding tert-OH is 1. The van der Waals surface area contributed by atoms with E-state index in [-0.39, 0.29) is 24.7 Å². The first-order chi connectivity index (χ1) is 9.76. The number of rotatable bonds is 4. The van der Waals surface area contributed by atoms with Gasteiger partial charge in [0.05, 0.1) is 18.8 Å². The molecule has 2 unspecified atom stereocenters. The van der Waals surface area contributed by atoms with Gasteiger partial charge in [0.1, 0.15) is 4.88 Å². The molecule has 2 N–H and O–H groups in total. The molecule has 5 heteroatoms. The van der Waals surface area contributed by atoms with Crippen LogP contribution in [0.25, 0.3) is 0 Å². The van der Waals surface area contributed by atoms with E-state index in [1.807, 2.05) is 11.4 Å². The summed E-state index contributed by atoms with van der Waals surface area (Å²) in [4.78, 5) is 12.9. The second-order valence-electron chi connectivity index (χ2n) is 4.72. The van der Waals surface area contributed by atoms with E-state index in [4.69, 9.17) is 9.84 Å². The van der Waals surface area contributed by atoms with Crippen LogP contribution < -0.4 is 5.32 Å². The van der Waals surface area contributed by atoms with Crippen LogP contribution in [-0.2, 0) is 4.74 Å². The van der Waals surface area contributed by atoms with E-state index in [1.165, 1.54) is 11.3 Å². The average Bonchev–Trinajstić information content (AvgIpc) is 3.07. The van der Waals surface area contributed by atoms with Crippen LogP contribution in [0.2, 0.25) is 0 Å². The van der Waals surface area contributed by atoms with Crippen molar-refractivity contribution in [3.8, 4) is 11.8 Å². The van der Waals surface area contributed by atoms with Gasteiger partial charge in [-0.25, -0.2) is 0 Å². The molecule has 0 bridgehead atoms. The summed E-state index contributed by atoms with van der Waals surface area (Å²) in [6.07, 6.45) is 3.57. The van der Waals surface area contributed by atoms with Crippen molar-refractivity contribution >= 4 is 17.2 Å². The molecule has 1 aromatic heterocycles. The fraction of sp³-hybridized carbons (Fsp3) is 0.533. The smallest absolute Gasteiger partial charge is 0.262 e. The lowest BCUT2D eigenvalue weighted by Crippen LogP contribution is -2.40. The molecule has 108 valence electrons. The van der Waals surface area contributed by atoms with E-state index in [0.29, 0.717) is 11.3 Å². The van der Waals surface area contributed by atoms with E-state index in [1.54, 1.807) is 7.11 Å². The molecule has 20 heavy (non-hydrogen) atoms. The highest BCUT2D eigenvalue weighted by Crippen LogP contribution is 2.23. The lowest BCUT2D eigenvalue weighted by molar-refractivity contribution is 0.0724. The highest BCUT2D eigenvalue weighted by atomic mass is 32.1. The molecule has 0 radical (unpaired) electrons. The summed E-state index contributed by atoms with van der Waals surface area (Å²) < 4.78 is 5.38. The van der Waals surface area contributed by atoms with Crippen molar-refractivity contribution < 1.29 is 14.6 Å². The van der Waals surface area contributed by atoms with Gasteiger partial charge in [-0.05, 0) is 30.7 Å². The van der Waals surface area contributed by atoms with Gasteiger partial charge in [0.25, 0.3) is 5.91 Å². The van der Waals surface area contributed by atoms with Crippen molar-refractivity contribution in [3.05, 3.63) is 21.9 Å². The van der Waals surface area contributed by atoms with Gasteiger partial charge >= 0.3 is 0 Å². The molecule has 4 nitrogen and oxygen atoms in total. The number of hydrogen-bond donors (Lipinski definition) is 2. The van der Waals surface area contributed by atoms with Crippen molar-refractivity contribution in [1.29, 1.82) is 0 Å². The predicted molar refractivity (Wildman–Crippen MR) is 78.8 cm³/mol. The molecule has 1 heterocycles. The first kappa shape index (κ1) is 15.0. The summed E-state index contributed by atoms with van der Waals surface area (Å²) in [5.41, 5.74) is 0.730. The SMILES string of the molecule is COC1CCCC1NC(=O)c1sccc1C#CCCO. The number of carbonyl (C=O) groups is 1. The molecule has 2 atom stereocenters. The Morgan fingerprint density at radius 3 is 3.20 bits per heavy atom. The second kappa shape index (κ2) is 7.44. The maximum absolute atomic E-state index is 12.3. The molecule has 1 saturated carbocycles. The van der Waals surface area contributed by atoms with Crippen LogP contribution in [0.15, 0.2) is 11.4 Å². The Balaban J connectivity index is 2.03. The molecule has 1 aliphatic rings. The Kier molecular flexibility index (Phi) is 5.60. The van der Waals surface area contributed by atoms with Crippen molar-refractivity contribution in [3.63, 3.8) is 0 Å². The van der Waals surface area contributed by atoms with Crippen LogP contribution in [0.1, 0.15) is 40.9 Å². The van der Waals surface area contributed by atoms with Gasteiger partial charge < -0.3 is 15.2 Å². The Hall–Kier alpha value is -1.35. The van der Waals surface area contributed by atoms with E-state index in [9.17, 15) is 4.79 Å². The van der Waals surface area contributed by atoms with Crippen molar-refractivity contribution in [2.75, 3.05) is 13.7 Å². The van der Waals surface area contributed by atoms with Gasteiger partial charge in [-0.15, -0.1) is 11.3 Å². The fourth-order valence-corrected chi connectivity index (χ4v) is 3.16. The Labute approximate surface area is 123 Å². The number of ether oxygens (including phenoxy) is 1. The zero-order chi connectivity index (χ0) is 14.4. The first-order valence-electron chi connectivity index (χ1n) is 6.77. The largest absolute Gasteiger partial charge is 0.395 e. The highest BCUT2D eigenvalue weighted by molar-refractivity contribution is 7.12. The zero-order valence-corrected chi connectivity index (χ0v) is 12.3. The number of aliphatic hydroxyl groups is 1. The van der Waals surface area contributed by atoms with Gasteiger partial charge in [0.15, 0.2) is 0 Å². The molecule has 1 aliphatic carbocycles. The van der Waals surface area contributed by atoms with Gasteiger partial charge in [-0.1, -0.05) is 11.8 Å². The average molecular weight is 293 g/mol. The molecular formula is C15H19NO3S. The van der Waals surface area contributed by atoms with E-state index >= 15 is 0 Å². The summed E-state index contributed by atoms with van der Waals surface area (Å²) in [6, 6.07) is 1.93. The molecule has 2 rings (SSSR count). The highest BCUT2D eigenvalue weighted by Gasteiger charge is 2.29. The minimum absolute atomic E-state index is 0.0380. The summed E-state index contributed by atoms with van der Waals surface area (Å²) in [7, 11) is 1.69. The molecular weight excluding hydrogens is 274 g/mol. The molecule has 1 aromatic rings. The standard InChI is InChI=1S/C15H19NO3S/c1-19-13-7-4-6-12(13)16-15(18)14-11(8-10-20-14)5-2-3-9-17/h8,10,12-13,17H,3-4,6-7,9H2,1H3,(H,16,18). The summed E-state index contributed by atoms with van der Waals surface area (Å²) in [5.74, 6) is 5.70. The summed E-state index contributed by atoms with van der Waals surface area (Å²) in [6.45, 7) is 0.0380. The molecule has 0 aromatic carbocycles. The van der Waals surface area contributed by atoms with Crippen molar-refractivity contribution in [2.45, 2.75) is 37.8 Å². The number of thiophene rings is 1. The lowest BCUT2D eigenvalue weighted by Gasteiger charge is -2.19. The second-order valence-corrected chi connectivity index (χ2v) is 5.64. The van der Waals surface area contributed by atoms with E-state index in [2.05, 4.69) is 17.2 Å². The molecule has 1 amide bonds. The van der Waals surface area contributed by atoms with Crippen LogP contribution >= 0.6 is 11.3 Å². The molecule has 0 spiro atoms. The minimum Gasteiger partial charge on any atom is -0.395 e. The number of methoxy groups -OCH3 is 1. The van der Waals surface area contributed by atoms with Crippen molar-refractivity contribution in [1.82, 2.24) is 5.32 Å². The van der Waals surface area contributed by atoms with E-state index < -0.39 is 0 Å². The maximum atomic E-state index is 12.3. The molecule has 1 fully saturated rings. The third kappa shape index (κ3) is 3.60. The quantitative estimate of drug-likeness (QED) is 0.832. The minimum atomic E-state index is -0.0813. The Bertz CT molecular complexity index is 515. The van der Waals surface area contributed by atoms with Gasteiger partial charge in [-0.3, -0.25) is 4.79 Å². The number of hydrogen-bond acceptors (Lipinski definition) is 4. The van der Waals surface area contributed by atoms with Crippen LogP contribution in [-0.4, -0.2) is 36.9 Å². The summed E-state index contributed by atoms with van der Waals surface area (Å²) in [5, 5.41) is 13.6. The zero-order valence-electron chi connectivity index (χ0n) is 11.5. The van der Waals surface area contributed by atoms with Crippen LogP contribution in [0.3, 0.4) is 0 Å². The number of amides is 1. The van der Waals surface area contributed by atoms with Gasteiger partial charge in [-0.2, -0.15) is 0 Å². The van der Waals surface area contributed by atoms with E-state index in [0.717, 1.165) is 24.8 Å². The van der Waals surface area contributed by atoms with Gasteiger partial charge in [0, 0.05) is 19.1 Å². The maximum Gasteiger partial charge on any atom is 0.262 e. The predicted octanol–water partition coefficient (Wildman–Crippen LogP) is 1.78. The number of nitrogens with one attached hydrogen (secondary N) is 1. The molecule has 0 aliphatic heterocycles. The fourth-order valence-electron chi connectivity index (χ4n) is 2.40. The lowest BCUT2D eigenvalue weighted by atomic mass is 10.2. The number of carbonyl (C=O) groups excluding carboxylic acids is 1. The normalized spacial score (nSPS) is 21.3. The topological polar surface area (TPSA) is 58.6 Å². The Morgan fingerprint density at radius 1 is 1.60 bits per heavy atom. The monoisotopic (exact) mass is 293 g/mol.